The van der Waals surface area contributed by atoms with E-state index in [2.05, 4.69) is 0 Å². The van der Waals surface area contributed by atoms with E-state index in [-0.39, 0.29) is 0 Å². The van der Waals surface area contributed by atoms with Gasteiger partial charge in [0.25, 0.3) is 0 Å². The van der Waals surface area contributed by atoms with Crippen molar-refractivity contribution < 1.29 is 8.42 Å². The van der Waals surface area contributed by atoms with E-state index in [1.807, 2.05) is 45.0 Å². The van der Waals surface area contributed by atoms with Crippen LogP contribution in [-0.2, 0) is 9.84 Å². The van der Waals surface area contributed by atoms with Gasteiger partial charge in [0.05, 0.1) is 9.79 Å². The average Bonchev–Trinajstić information content (AvgIpc) is 2.32. The van der Waals surface area contributed by atoms with Gasteiger partial charge in [0.1, 0.15) is 0 Å². The maximum atomic E-state index is 12.5. The third-order valence-electron chi connectivity index (χ3n) is 2.96. The van der Waals surface area contributed by atoms with Crippen LogP contribution >= 0.6 is 0 Å². The van der Waals surface area contributed by atoms with Crippen LogP contribution in [0.15, 0.2) is 52.3 Å². The summed E-state index contributed by atoms with van der Waals surface area (Å²) in [6.07, 6.45) is 0. The lowest BCUT2D eigenvalue weighted by Crippen LogP contribution is -2.04. The zero-order chi connectivity index (χ0) is 13.3. The van der Waals surface area contributed by atoms with Crippen molar-refractivity contribution in [3.8, 4) is 0 Å². The zero-order valence-electron chi connectivity index (χ0n) is 10.8. The molecule has 2 rings (SSSR count). The van der Waals surface area contributed by atoms with Crippen molar-refractivity contribution in [2.75, 3.05) is 0 Å². The summed E-state index contributed by atoms with van der Waals surface area (Å²) in [6.45, 7) is 5.66. The molecule has 0 atom stereocenters. The molecule has 0 fully saturated rings. The van der Waals surface area contributed by atoms with Gasteiger partial charge in [-0.2, -0.15) is 0 Å². The van der Waals surface area contributed by atoms with Gasteiger partial charge in [0.15, 0.2) is 0 Å². The highest BCUT2D eigenvalue weighted by atomic mass is 32.2. The molecule has 0 saturated heterocycles. The predicted octanol–water partition coefficient (Wildman–Crippen LogP) is 3.44. The van der Waals surface area contributed by atoms with E-state index < -0.39 is 9.84 Å². The van der Waals surface area contributed by atoms with Crippen LogP contribution in [0, 0.1) is 20.8 Å². The molecule has 94 valence electrons. The van der Waals surface area contributed by atoms with Gasteiger partial charge in [-0.3, -0.25) is 0 Å². The van der Waals surface area contributed by atoms with E-state index in [9.17, 15) is 8.42 Å². The van der Waals surface area contributed by atoms with Crippen molar-refractivity contribution in [1.29, 1.82) is 0 Å². The first kappa shape index (κ1) is 12.8. The van der Waals surface area contributed by atoms with Crippen LogP contribution in [0.3, 0.4) is 0 Å². The summed E-state index contributed by atoms with van der Waals surface area (Å²) >= 11 is 0. The van der Waals surface area contributed by atoms with Crippen LogP contribution in [0.4, 0.5) is 0 Å². The molecule has 0 amide bonds. The third kappa shape index (κ3) is 2.31. The summed E-state index contributed by atoms with van der Waals surface area (Å²) in [6, 6.07) is 12.4. The molecule has 0 aromatic heterocycles. The lowest BCUT2D eigenvalue weighted by atomic mass is 10.2. The Balaban J connectivity index is 2.61. The first-order chi connectivity index (χ1) is 8.41. The molecule has 0 saturated carbocycles. The number of aryl methyl sites for hydroxylation is 3. The molecule has 0 aliphatic rings. The lowest BCUT2D eigenvalue weighted by molar-refractivity contribution is 0.595. The van der Waals surface area contributed by atoms with E-state index in [0.717, 1.165) is 16.7 Å². The van der Waals surface area contributed by atoms with Gasteiger partial charge in [-0.05, 0) is 50.1 Å². The fourth-order valence-electron chi connectivity index (χ4n) is 1.84. The van der Waals surface area contributed by atoms with Crippen LogP contribution in [0.25, 0.3) is 0 Å². The second-order valence-electron chi connectivity index (χ2n) is 4.59. The smallest absolute Gasteiger partial charge is 0.206 e. The Kier molecular flexibility index (Phi) is 3.26. The van der Waals surface area contributed by atoms with E-state index in [1.165, 1.54) is 0 Å². The van der Waals surface area contributed by atoms with Crippen molar-refractivity contribution in [3.63, 3.8) is 0 Å². The summed E-state index contributed by atoms with van der Waals surface area (Å²) < 4.78 is 25.0. The van der Waals surface area contributed by atoms with Crippen LogP contribution < -0.4 is 0 Å². The van der Waals surface area contributed by atoms with Crippen molar-refractivity contribution in [2.45, 2.75) is 30.6 Å². The Morgan fingerprint density at radius 3 is 1.94 bits per heavy atom. The average molecular weight is 260 g/mol. The van der Waals surface area contributed by atoms with Crippen molar-refractivity contribution in [2.24, 2.45) is 0 Å². The van der Waals surface area contributed by atoms with Crippen molar-refractivity contribution in [1.82, 2.24) is 0 Å². The van der Waals surface area contributed by atoms with Gasteiger partial charge in [-0.25, -0.2) is 8.42 Å². The number of rotatable bonds is 2. The molecule has 2 aromatic carbocycles. The third-order valence-corrected chi connectivity index (χ3v) is 4.88. The molecule has 0 N–H and O–H groups in total. The minimum Gasteiger partial charge on any atom is -0.219 e. The highest BCUT2D eigenvalue weighted by Gasteiger charge is 2.19. The summed E-state index contributed by atoms with van der Waals surface area (Å²) in [5.41, 5.74) is 2.78. The highest BCUT2D eigenvalue weighted by molar-refractivity contribution is 7.91. The number of benzene rings is 2. The van der Waals surface area contributed by atoms with E-state index >= 15 is 0 Å². The van der Waals surface area contributed by atoms with E-state index in [1.54, 1.807) is 18.2 Å². The minimum absolute atomic E-state index is 0.349. The Hall–Kier alpha value is -1.61. The molecule has 18 heavy (non-hydrogen) atoms. The van der Waals surface area contributed by atoms with Gasteiger partial charge in [0.2, 0.25) is 9.84 Å². The van der Waals surface area contributed by atoms with E-state index in [4.69, 9.17) is 0 Å². The Morgan fingerprint density at radius 2 is 1.33 bits per heavy atom. The van der Waals surface area contributed by atoms with Crippen LogP contribution in [0.2, 0.25) is 0 Å². The molecule has 0 spiro atoms. The molecule has 0 aliphatic carbocycles. The molecule has 0 aliphatic heterocycles. The van der Waals surface area contributed by atoms with Crippen molar-refractivity contribution in [3.05, 3.63) is 59.2 Å². The SMILES string of the molecule is Cc1ccc(S(=O)(=O)c2cc(C)ccc2C)cc1. The van der Waals surface area contributed by atoms with Crippen LogP contribution in [-0.4, -0.2) is 8.42 Å². The number of hydrogen-bond donors (Lipinski definition) is 0. The van der Waals surface area contributed by atoms with Gasteiger partial charge >= 0.3 is 0 Å². The van der Waals surface area contributed by atoms with Gasteiger partial charge < -0.3 is 0 Å². The second kappa shape index (κ2) is 4.58. The molecule has 0 unspecified atom stereocenters. The van der Waals surface area contributed by atoms with E-state index in [0.29, 0.717) is 9.79 Å². The molecule has 0 radical (unpaired) electrons. The van der Waals surface area contributed by atoms with Gasteiger partial charge in [-0.1, -0.05) is 29.8 Å². The monoisotopic (exact) mass is 260 g/mol. The summed E-state index contributed by atoms with van der Waals surface area (Å²) in [5, 5.41) is 0. The maximum absolute atomic E-state index is 12.5. The standard InChI is InChI=1S/C15H16O2S/c1-11-5-8-14(9-6-11)18(16,17)15-10-12(2)4-7-13(15)3/h4-10H,1-3H3. The first-order valence-electron chi connectivity index (χ1n) is 5.80. The first-order valence-corrected chi connectivity index (χ1v) is 7.28. The number of sulfone groups is 1. The van der Waals surface area contributed by atoms with Gasteiger partial charge in [0, 0.05) is 0 Å². The predicted molar refractivity (Wildman–Crippen MR) is 72.5 cm³/mol. The maximum Gasteiger partial charge on any atom is 0.206 e. The molecule has 2 nitrogen and oxygen atoms in total. The molecular weight excluding hydrogens is 244 g/mol. The Labute approximate surface area is 108 Å². The number of hydrogen-bond acceptors (Lipinski definition) is 2. The quantitative estimate of drug-likeness (QED) is 0.829. The zero-order valence-corrected chi connectivity index (χ0v) is 11.6. The molecule has 3 heteroatoms. The largest absolute Gasteiger partial charge is 0.219 e. The summed E-state index contributed by atoms with van der Waals surface area (Å²) in [7, 11) is -3.41. The minimum atomic E-state index is -3.41. The Morgan fingerprint density at radius 1 is 0.778 bits per heavy atom. The molecule has 0 heterocycles. The van der Waals surface area contributed by atoms with Crippen LogP contribution in [0.5, 0.6) is 0 Å². The van der Waals surface area contributed by atoms with Gasteiger partial charge in [-0.15, -0.1) is 0 Å². The summed E-state index contributed by atoms with van der Waals surface area (Å²) in [4.78, 5) is 0.744. The fraction of sp³-hybridized carbons (Fsp3) is 0.200. The summed E-state index contributed by atoms with van der Waals surface area (Å²) in [5.74, 6) is 0. The molecule has 2 aromatic rings. The lowest BCUT2D eigenvalue weighted by Gasteiger charge is -2.09. The normalized spacial score (nSPS) is 11.5. The highest BCUT2D eigenvalue weighted by Crippen LogP contribution is 2.24. The Bertz CT molecular complexity index is 668. The molecule has 0 bridgehead atoms. The van der Waals surface area contributed by atoms with Crippen LogP contribution in [0.1, 0.15) is 16.7 Å². The second-order valence-corrected chi connectivity index (χ2v) is 6.50. The topological polar surface area (TPSA) is 34.1 Å². The molecular formula is C15H16O2S. The fourth-order valence-corrected chi connectivity index (χ4v) is 3.42. The van der Waals surface area contributed by atoms with Crippen molar-refractivity contribution >= 4 is 9.84 Å².